The van der Waals surface area contributed by atoms with Gasteiger partial charge < -0.3 is 15.2 Å². The van der Waals surface area contributed by atoms with E-state index in [9.17, 15) is 4.79 Å². The van der Waals surface area contributed by atoms with Crippen LogP contribution >= 0.6 is 11.6 Å². The zero-order valence-corrected chi connectivity index (χ0v) is 12.0. The average molecular weight is 286 g/mol. The largest absolute Gasteiger partial charge is 0.478 e. The van der Waals surface area contributed by atoms with Crippen LogP contribution in [0.4, 0.5) is 0 Å². The highest BCUT2D eigenvalue weighted by molar-refractivity contribution is 6.30. The highest BCUT2D eigenvalue weighted by atomic mass is 35.5. The second-order valence-electron chi connectivity index (χ2n) is 4.75. The lowest BCUT2D eigenvalue weighted by Gasteiger charge is -2.25. The number of benzene rings is 1. The Morgan fingerprint density at radius 3 is 2.53 bits per heavy atom. The minimum absolute atomic E-state index is 0.139. The van der Waals surface area contributed by atoms with E-state index in [1.165, 1.54) is 0 Å². The number of halogens is 1. The molecule has 1 amide bonds. The number of carbonyl (C=O) groups is 1. The zero-order chi connectivity index (χ0) is 14.3. The number of ether oxygens (including phenoxy) is 1. The highest BCUT2D eigenvalue weighted by Gasteiger charge is 2.29. The molecule has 4 nitrogen and oxygen atoms in total. The Kier molecular flexibility index (Phi) is 6.12. The van der Waals surface area contributed by atoms with Crippen molar-refractivity contribution in [1.82, 2.24) is 5.32 Å². The predicted molar refractivity (Wildman–Crippen MR) is 75.5 cm³/mol. The van der Waals surface area contributed by atoms with Crippen molar-refractivity contribution in [2.75, 3.05) is 13.2 Å². The molecule has 0 unspecified atom stereocenters. The van der Waals surface area contributed by atoms with Crippen LogP contribution < -0.4 is 10.1 Å². The molecule has 0 bridgehead atoms. The van der Waals surface area contributed by atoms with Crippen molar-refractivity contribution in [2.24, 2.45) is 0 Å². The summed E-state index contributed by atoms with van der Waals surface area (Å²) in [6.07, 6.45) is 1.43. The first kappa shape index (κ1) is 15.8. The van der Waals surface area contributed by atoms with E-state index < -0.39 is 5.60 Å². The molecular formula is C14H20ClNO3. The molecule has 0 radical (unpaired) electrons. The van der Waals surface area contributed by atoms with Gasteiger partial charge in [-0.05, 0) is 51.0 Å². The number of aliphatic hydroxyl groups is 1. The number of hydrogen-bond donors (Lipinski definition) is 2. The Bertz CT molecular complexity index is 404. The fraction of sp³-hybridized carbons (Fsp3) is 0.500. The van der Waals surface area contributed by atoms with E-state index in [1.54, 1.807) is 38.1 Å². The van der Waals surface area contributed by atoms with E-state index in [2.05, 4.69) is 5.32 Å². The Labute approximate surface area is 118 Å². The Morgan fingerprint density at radius 2 is 1.95 bits per heavy atom. The molecule has 106 valence electrons. The van der Waals surface area contributed by atoms with Gasteiger partial charge in [-0.25, -0.2) is 0 Å². The molecular weight excluding hydrogens is 266 g/mol. The molecule has 0 spiro atoms. The maximum atomic E-state index is 12.0. The first-order valence-electron chi connectivity index (χ1n) is 6.29. The topological polar surface area (TPSA) is 58.6 Å². The molecule has 19 heavy (non-hydrogen) atoms. The van der Waals surface area contributed by atoms with Crippen LogP contribution in [0.5, 0.6) is 5.75 Å². The Morgan fingerprint density at radius 1 is 1.32 bits per heavy atom. The molecule has 1 aromatic carbocycles. The first-order valence-corrected chi connectivity index (χ1v) is 6.67. The zero-order valence-electron chi connectivity index (χ0n) is 11.3. The van der Waals surface area contributed by atoms with Crippen LogP contribution in [-0.4, -0.2) is 29.8 Å². The predicted octanol–water partition coefficient (Wildman–Crippen LogP) is 2.39. The molecule has 5 heteroatoms. The van der Waals surface area contributed by atoms with Gasteiger partial charge in [-0.15, -0.1) is 0 Å². The molecule has 0 aliphatic heterocycles. The van der Waals surface area contributed by atoms with Gasteiger partial charge >= 0.3 is 0 Å². The van der Waals surface area contributed by atoms with Gasteiger partial charge in [0.2, 0.25) is 0 Å². The standard InChI is InChI=1S/C14H20ClNO3/c1-14(2,13(18)16-9-3-4-10-17)19-12-7-5-11(15)6-8-12/h5-8,17H,3-4,9-10H2,1-2H3,(H,16,18). The number of nitrogens with one attached hydrogen (secondary N) is 1. The first-order chi connectivity index (χ1) is 8.95. The van der Waals surface area contributed by atoms with Gasteiger partial charge in [0.1, 0.15) is 5.75 Å². The number of carbonyl (C=O) groups excluding carboxylic acids is 1. The highest BCUT2D eigenvalue weighted by Crippen LogP contribution is 2.20. The summed E-state index contributed by atoms with van der Waals surface area (Å²) in [7, 11) is 0. The maximum absolute atomic E-state index is 12.0. The van der Waals surface area contributed by atoms with Crippen LogP contribution in [0.15, 0.2) is 24.3 Å². The second kappa shape index (κ2) is 7.36. The van der Waals surface area contributed by atoms with Gasteiger partial charge in [-0.1, -0.05) is 11.6 Å². The van der Waals surface area contributed by atoms with Gasteiger partial charge in [-0.3, -0.25) is 4.79 Å². The average Bonchev–Trinajstić information content (AvgIpc) is 2.37. The maximum Gasteiger partial charge on any atom is 0.263 e. The third-order valence-corrected chi connectivity index (χ3v) is 2.86. The van der Waals surface area contributed by atoms with E-state index >= 15 is 0 Å². The van der Waals surface area contributed by atoms with Crippen LogP contribution in [0.3, 0.4) is 0 Å². The molecule has 0 aliphatic rings. The lowest BCUT2D eigenvalue weighted by atomic mass is 10.1. The third kappa shape index (κ3) is 5.49. The smallest absolute Gasteiger partial charge is 0.263 e. The van der Waals surface area contributed by atoms with Gasteiger partial charge in [-0.2, -0.15) is 0 Å². The SMILES string of the molecule is CC(C)(Oc1ccc(Cl)cc1)C(=O)NCCCCO. The molecule has 0 saturated carbocycles. The lowest BCUT2D eigenvalue weighted by molar-refractivity contribution is -0.134. The van der Waals surface area contributed by atoms with Crippen molar-refractivity contribution >= 4 is 17.5 Å². The van der Waals surface area contributed by atoms with Crippen LogP contribution in [0.25, 0.3) is 0 Å². The van der Waals surface area contributed by atoms with Gasteiger partial charge in [0.05, 0.1) is 0 Å². The summed E-state index contributed by atoms with van der Waals surface area (Å²) >= 11 is 5.79. The van der Waals surface area contributed by atoms with Crippen LogP contribution in [0.2, 0.25) is 5.02 Å². The van der Waals surface area contributed by atoms with Gasteiger partial charge in [0.25, 0.3) is 5.91 Å². The minimum atomic E-state index is -0.951. The van der Waals surface area contributed by atoms with E-state index in [1.807, 2.05) is 0 Å². The summed E-state index contributed by atoms with van der Waals surface area (Å²) in [5, 5.41) is 12.1. The molecule has 2 N–H and O–H groups in total. The number of aliphatic hydroxyl groups excluding tert-OH is 1. The van der Waals surface area contributed by atoms with Crippen molar-refractivity contribution in [3.05, 3.63) is 29.3 Å². The third-order valence-electron chi connectivity index (χ3n) is 2.60. The van der Waals surface area contributed by atoms with Gasteiger partial charge in [0.15, 0.2) is 5.60 Å². The van der Waals surface area contributed by atoms with E-state index in [4.69, 9.17) is 21.4 Å². The van der Waals surface area contributed by atoms with E-state index in [-0.39, 0.29) is 12.5 Å². The molecule has 1 aromatic rings. The second-order valence-corrected chi connectivity index (χ2v) is 5.19. The molecule has 0 fully saturated rings. The van der Waals surface area contributed by atoms with Crippen LogP contribution in [0, 0.1) is 0 Å². The van der Waals surface area contributed by atoms with Crippen LogP contribution in [-0.2, 0) is 4.79 Å². The summed E-state index contributed by atoms with van der Waals surface area (Å²) in [4.78, 5) is 12.0. The molecule has 0 aliphatic carbocycles. The van der Waals surface area contributed by atoms with E-state index in [0.717, 1.165) is 6.42 Å². The van der Waals surface area contributed by atoms with Gasteiger partial charge in [0, 0.05) is 18.2 Å². The number of hydrogen-bond acceptors (Lipinski definition) is 3. The summed E-state index contributed by atoms with van der Waals surface area (Å²) in [6.45, 7) is 4.10. The Hall–Kier alpha value is -1.26. The summed E-state index contributed by atoms with van der Waals surface area (Å²) in [6, 6.07) is 6.88. The quantitative estimate of drug-likeness (QED) is 0.756. The fourth-order valence-corrected chi connectivity index (χ4v) is 1.62. The lowest BCUT2D eigenvalue weighted by Crippen LogP contribution is -2.46. The summed E-state index contributed by atoms with van der Waals surface area (Å²) < 4.78 is 5.66. The fourth-order valence-electron chi connectivity index (χ4n) is 1.50. The van der Waals surface area contributed by atoms with Crippen molar-refractivity contribution in [3.63, 3.8) is 0 Å². The van der Waals surface area contributed by atoms with Crippen molar-refractivity contribution in [3.8, 4) is 5.75 Å². The number of unbranched alkanes of at least 4 members (excludes halogenated alkanes) is 1. The molecule has 0 aromatic heterocycles. The molecule has 0 saturated heterocycles. The summed E-state index contributed by atoms with van der Waals surface area (Å²) in [5.41, 5.74) is -0.951. The number of amides is 1. The Balaban J connectivity index is 2.49. The molecule has 0 atom stereocenters. The minimum Gasteiger partial charge on any atom is -0.478 e. The van der Waals surface area contributed by atoms with Crippen molar-refractivity contribution in [2.45, 2.75) is 32.3 Å². The summed E-state index contributed by atoms with van der Waals surface area (Å²) in [5.74, 6) is 0.417. The monoisotopic (exact) mass is 285 g/mol. The van der Waals surface area contributed by atoms with Crippen LogP contribution in [0.1, 0.15) is 26.7 Å². The normalized spacial score (nSPS) is 11.2. The molecule has 0 heterocycles. The molecule has 1 rings (SSSR count). The van der Waals surface area contributed by atoms with Crippen molar-refractivity contribution in [1.29, 1.82) is 0 Å². The van der Waals surface area contributed by atoms with E-state index in [0.29, 0.717) is 23.7 Å². The van der Waals surface area contributed by atoms with Crippen molar-refractivity contribution < 1.29 is 14.6 Å². The number of rotatable bonds is 7.